The van der Waals surface area contributed by atoms with Crippen LogP contribution in [-0.2, 0) is 9.53 Å². The fourth-order valence-corrected chi connectivity index (χ4v) is 3.67. The molecule has 1 aliphatic heterocycles. The average molecular weight is 390 g/mol. The maximum absolute atomic E-state index is 12.7. The average Bonchev–Trinajstić information content (AvgIpc) is 2.93. The van der Waals surface area contributed by atoms with Crippen LogP contribution in [0.15, 0.2) is 17.2 Å². The topological polar surface area (TPSA) is 74.9 Å². The van der Waals surface area contributed by atoms with Gasteiger partial charge in [-0.1, -0.05) is 13.8 Å². The van der Waals surface area contributed by atoms with Crippen molar-refractivity contribution in [2.24, 2.45) is 11.0 Å². The van der Waals surface area contributed by atoms with Crippen molar-refractivity contribution < 1.29 is 14.3 Å². The Morgan fingerprint density at radius 1 is 1.37 bits per heavy atom. The molecule has 0 aliphatic carbocycles. The summed E-state index contributed by atoms with van der Waals surface area (Å²) in [5.41, 5.74) is 3.17. The highest BCUT2D eigenvalue weighted by Gasteiger charge is 2.45. The minimum absolute atomic E-state index is 0.124. The van der Waals surface area contributed by atoms with Crippen molar-refractivity contribution >= 4 is 23.4 Å². The van der Waals surface area contributed by atoms with E-state index in [0.29, 0.717) is 23.8 Å². The van der Waals surface area contributed by atoms with Crippen molar-refractivity contribution in [3.8, 4) is 11.8 Å². The predicted molar refractivity (Wildman–Crippen MR) is 108 cm³/mol. The van der Waals surface area contributed by atoms with Crippen LogP contribution >= 0.6 is 11.8 Å². The monoisotopic (exact) mass is 389 g/mol. The molecule has 1 aliphatic rings. The lowest BCUT2D eigenvalue weighted by molar-refractivity contribution is -0.150. The molecular formula is C20H27N3O3S. The highest BCUT2D eigenvalue weighted by molar-refractivity contribution is 7.98. The molecule has 146 valence electrons. The zero-order valence-corrected chi connectivity index (χ0v) is 17.6. The van der Waals surface area contributed by atoms with E-state index in [2.05, 4.69) is 11.2 Å². The number of hydrogen-bond donors (Lipinski definition) is 0. The third-order valence-corrected chi connectivity index (χ3v) is 4.93. The maximum atomic E-state index is 12.7. The summed E-state index contributed by atoms with van der Waals surface area (Å²) < 4.78 is 11.6. The molecule has 2 atom stereocenters. The Hall–Kier alpha value is -2.20. The number of hydrogen-bond acceptors (Lipinski definition) is 7. The number of rotatable bonds is 7. The van der Waals surface area contributed by atoms with Gasteiger partial charge in [-0.3, -0.25) is 5.01 Å². The second kappa shape index (κ2) is 9.14. The minimum Gasteiger partial charge on any atom is -0.481 e. The molecule has 2 rings (SSSR count). The molecule has 7 heteroatoms. The van der Waals surface area contributed by atoms with E-state index in [-0.39, 0.29) is 11.9 Å². The summed E-state index contributed by atoms with van der Waals surface area (Å²) in [5, 5.41) is 15.7. The first-order chi connectivity index (χ1) is 12.8. The smallest absolute Gasteiger partial charge is 0.334 e. The summed E-state index contributed by atoms with van der Waals surface area (Å²) in [4.78, 5) is 12.7. The normalized spacial score (nSPS) is 19.0. The van der Waals surface area contributed by atoms with Gasteiger partial charge in [-0.25, -0.2) is 4.79 Å². The standard InChI is InChI=1S/C20H27N3O3S/c1-7-25-20(24)18-19(17(12(2)3)22-23(18)11-27-6)26-15-8-13(4)16(10-21)14(5)9-15/h8-9,12,18-19H,7,11H2,1-6H3. The summed E-state index contributed by atoms with van der Waals surface area (Å²) >= 11 is 1.59. The minimum atomic E-state index is -0.619. The number of hydrazone groups is 1. The molecule has 0 saturated heterocycles. The Morgan fingerprint density at radius 3 is 2.48 bits per heavy atom. The SMILES string of the molecule is CCOC(=O)C1C(Oc2cc(C)c(C#N)c(C)c2)C(C(C)C)=NN1CSC. The Labute approximate surface area is 165 Å². The van der Waals surface area contributed by atoms with E-state index in [1.54, 1.807) is 23.7 Å². The number of aryl methyl sites for hydroxylation is 2. The molecule has 0 N–H and O–H groups in total. The predicted octanol–water partition coefficient (Wildman–Crippen LogP) is 3.50. The maximum Gasteiger partial charge on any atom is 0.334 e. The number of carbonyl (C=O) groups excluding carboxylic acids is 1. The molecule has 27 heavy (non-hydrogen) atoms. The van der Waals surface area contributed by atoms with Crippen LogP contribution in [0.3, 0.4) is 0 Å². The molecular weight excluding hydrogens is 362 g/mol. The van der Waals surface area contributed by atoms with Gasteiger partial charge in [0.25, 0.3) is 0 Å². The zero-order valence-electron chi connectivity index (χ0n) is 16.8. The molecule has 1 aromatic rings. The molecule has 0 aromatic heterocycles. The lowest BCUT2D eigenvalue weighted by Crippen LogP contribution is -2.48. The molecule has 0 radical (unpaired) electrons. The van der Waals surface area contributed by atoms with Gasteiger partial charge in [-0.05, 0) is 56.2 Å². The van der Waals surface area contributed by atoms with Crippen molar-refractivity contribution in [1.82, 2.24) is 5.01 Å². The number of carbonyl (C=O) groups is 1. The van der Waals surface area contributed by atoms with Gasteiger partial charge < -0.3 is 9.47 Å². The number of nitriles is 1. The van der Waals surface area contributed by atoms with Gasteiger partial charge >= 0.3 is 5.97 Å². The van der Waals surface area contributed by atoms with E-state index in [4.69, 9.17) is 9.47 Å². The van der Waals surface area contributed by atoms with E-state index < -0.39 is 12.1 Å². The summed E-state index contributed by atoms with van der Waals surface area (Å²) in [7, 11) is 0. The molecule has 0 saturated carbocycles. The van der Waals surface area contributed by atoms with Crippen molar-refractivity contribution in [2.75, 3.05) is 18.7 Å². The quantitative estimate of drug-likeness (QED) is 0.665. The van der Waals surface area contributed by atoms with Crippen molar-refractivity contribution in [1.29, 1.82) is 5.26 Å². The van der Waals surface area contributed by atoms with Crippen molar-refractivity contribution in [2.45, 2.75) is 46.8 Å². The fourth-order valence-electron chi connectivity index (χ4n) is 3.18. The Balaban J connectivity index is 2.41. The highest BCUT2D eigenvalue weighted by Crippen LogP contribution is 2.29. The van der Waals surface area contributed by atoms with Gasteiger partial charge in [0.1, 0.15) is 5.75 Å². The van der Waals surface area contributed by atoms with E-state index in [1.165, 1.54) is 0 Å². The second-order valence-corrected chi connectivity index (χ2v) is 7.65. The third-order valence-electron chi connectivity index (χ3n) is 4.41. The van der Waals surface area contributed by atoms with Crippen LogP contribution in [0.4, 0.5) is 0 Å². The van der Waals surface area contributed by atoms with Gasteiger partial charge in [0.05, 0.1) is 29.8 Å². The summed E-state index contributed by atoms with van der Waals surface area (Å²) in [6.45, 7) is 9.94. The van der Waals surface area contributed by atoms with E-state index in [0.717, 1.165) is 16.8 Å². The second-order valence-electron chi connectivity index (χ2n) is 6.82. The largest absolute Gasteiger partial charge is 0.481 e. The fraction of sp³-hybridized carbons (Fsp3) is 0.550. The van der Waals surface area contributed by atoms with Crippen LogP contribution in [-0.4, -0.2) is 47.6 Å². The molecule has 1 aromatic carbocycles. The van der Waals surface area contributed by atoms with Crippen LogP contribution in [0, 0.1) is 31.1 Å². The first kappa shape index (κ1) is 21.1. The number of thioether (sulfide) groups is 1. The first-order valence-corrected chi connectivity index (χ1v) is 10.4. The Morgan fingerprint density at radius 2 is 2.00 bits per heavy atom. The summed E-state index contributed by atoms with van der Waals surface area (Å²) in [6.07, 6.45) is 1.44. The molecule has 2 unspecified atom stereocenters. The van der Waals surface area contributed by atoms with Crippen LogP contribution in [0.2, 0.25) is 0 Å². The Bertz CT molecular complexity index is 747. The van der Waals surface area contributed by atoms with Crippen LogP contribution in [0.1, 0.15) is 37.5 Å². The summed E-state index contributed by atoms with van der Waals surface area (Å²) in [5.74, 6) is 0.991. The van der Waals surface area contributed by atoms with Crippen LogP contribution in [0.5, 0.6) is 5.75 Å². The van der Waals surface area contributed by atoms with Gasteiger partial charge in [0, 0.05) is 0 Å². The van der Waals surface area contributed by atoms with Crippen molar-refractivity contribution in [3.63, 3.8) is 0 Å². The molecule has 0 bridgehead atoms. The van der Waals surface area contributed by atoms with E-state index >= 15 is 0 Å². The Kier molecular flexibility index (Phi) is 7.14. The number of ether oxygens (including phenoxy) is 2. The summed E-state index contributed by atoms with van der Waals surface area (Å²) in [6, 6.07) is 5.27. The third kappa shape index (κ3) is 4.56. The van der Waals surface area contributed by atoms with Crippen molar-refractivity contribution in [3.05, 3.63) is 28.8 Å². The van der Waals surface area contributed by atoms with Gasteiger partial charge in [0.2, 0.25) is 0 Å². The van der Waals surface area contributed by atoms with Gasteiger partial charge in [-0.15, -0.1) is 11.8 Å². The molecule has 6 nitrogen and oxygen atoms in total. The van der Waals surface area contributed by atoms with E-state index in [1.807, 2.05) is 46.1 Å². The molecule has 0 amide bonds. The number of nitrogens with zero attached hydrogens (tertiary/aromatic N) is 3. The van der Waals surface area contributed by atoms with Crippen LogP contribution in [0.25, 0.3) is 0 Å². The highest BCUT2D eigenvalue weighted by atomic mass is 32.2. The molecule has 0 fully saturated rings. The van der Waals surface area contributed by atoms with Gasteiger partial charge in [-0.2, -0.15) is 10.4 Å². The van der Waals surface area contributed by atoms with Crippen LogP contribution < -0.4 is 4.74 Å². The lowest BCUT2D eigenvalue weighted by Gasteiger charge is -2.27. The van der Waals surface area contributed by atoms with Gasteiger partial charge in [0.15, 0.2) is 12.1 Å². The number of esters is 1. The zero-order chi connectivity index (χ0) is 20.1. The molecule has 0 spiro atoms. The first-order valence-electron chi connectivity index (χ1n) is 9.02. The lowest BCUT2D eigenvalue weighted by atomic mass is 9.98. The van der Waals surface area contributed by atoms with E-state index in [9.17, 15) is 10.1 Å². The number of benzene rings is 1. The molecule has 1 heterocycles.